The van der Waals surface area contributed by atoms with Gasteiger partial charge in [-0.15, -0.1) is 0 Å². The summed E-state index contributed by atoms with van der Waals surface area (Å²) in [4.78, 5) is 24.8. The fourth-order valence-corrected chi connectivity index (χ4v) is 3.83. The number of hydrogen-bond acceptors (Lipinski definition) is 3. The van der Waals surface area contributed by atoms with Crippen LogP contribution in [-0.2, 0) is 16.0 Å². The zero-order valence-corrected chi connectivity index (χ0v) is 16.1. The lowest BCUT2D eigenvalue weighted by Crippen LogP contribution is -2.42. The predicted molar refractivity (Wildman–Crippen MR) is 112 cm³/mol. The molecule has 1 N–H and O–H groups in total. The van der Waals surface area contributed by atoms with E-state index in [1.807, 2.05) is 48.5 Å². The van der Waals surface area contributed by atoms with Crippen LogP contribution in [0.15, 0.2) is 84.9 Å². The number of hydrogen-bond donors (Lipinski definition) is 1. The summed E-state index contributed by atoms with van der Waals surface area (Å²) < 4.78 is 5.35. The summed E-state index contributed by atoms with van der Waals surface area (Å²) in [5.41, 5.74) is 3.83. The fourth-order valence-electron chi connectivity index (χ4n) is 3.83. The molecule has 0 saturated heterocycles. The highest BCUT2D eigenvalue weighted by atomic mass is 16.5. The van der Waals surface area contributed by atoms with Gasteiger partial charge in [-0.25, -0.2) is 4.79 Å². The third-order valence-electron chi connectivity index (χ3n) is 5.32. The monoisotopic (exact) mass is 385 g/mol. The van der Waals surface area contributed by atoms with Crippen molar-refractivity contribution in [2.75, 3.05) is 6.54 Å². The smallest absolute Gasteiger partial charge is 0.339 e. The Hall–Kier alpha value is -3.40. The lowest BCUT2D eigenvalue weighted by atomic mass is 9.88. The van der Waals surface area contributed by atoms with Gasteiger partial charge in [-0.3, -0.25) is 4.79 Å². The van der Waals surface area contributed by atoms with Gasteiger partial charge < -0.3 is 10.1 Å². The van der Waals surface area contributed by atoms with Crippen LogP contribution in [-0.4, -0.2) is 24.5 Å². The molecule has 146 valence electrons. The topological polar surface area (TPSA) is 55.4 Å². The molecule has 3 aromatic carbocycles. The summed E-state index contributed by atoms with van der Waals surface area (Å²) in [7, 11) is 0. The van der Waals surface area contributed by atoms with Crippen molar-refractivity contribution in [3.63, 3.8) is 0 Å². The molecule has 1 amide bonds. The van der Waals surface area contributed by atoms with E-state index in [-0.39, 0.29) is 11.8 Å². The van der Waals surface area contributed by atoms with Gasteiger partial charge in [0.1, 0.15) is 0 Å². The molecule has 1 atom stereocenters. The second-order valence-corrected chi connectivity index (χ2v) is 7.21. The molecule has 3 aromatic rings. The quantitative estimate of drug-likeness (QED) is 0.650. The first-order chi connectivity index (χ1) is 14.2. The van der Waals surface area contributed by atoms with E-state index in [0.29, 0.717) is 18.5 Å². The predicted octanol–water partition coefficient (Wildman–Crippen LogP) is 4.11. The molecule has 0 spiro atoms. The Kier molecular flexibility index (Phi) is 5.71. The molecule has 4 heteroatoms. The maximum Gasteiger partial charge on any atom is 0.339 e. The first-order valence-electron chi connectivity index (χ1n) is 9.89. The number of ether oxygens (including phenoxy) is 1. The zero-order valence-electron chi connectivity index (χ0n) is 16.1. The summed E-state index contributed by atoms with van der Waals surface area (Å²) >= 11 is 0. The van der Waals surface area contributed by atoms with E-state index in [0.717, 1.165) is 12.0 Å². The van der Waals surface area contributed by atoms with Gasteiger partial charge in [0.25, 0.3) is 5.91 Å². The standard InChI is InChI=1S/C25H23NO3/c27-24(23-17-20-13-7-8-14-22(20)25(28)29-23)26-16-15-21(18-9-3-1-4-10-18)19-11-5-2-6-12-19/h1-14,21,23H,15-17H2,(H,26,27)/t23-/m0/s1. The number of esters is 1. The molecule has 1 heterocycles. The zero-order chi connectivity index (χ0) is 20.1. The number of carbonyl (C=O) groups is 2. The highest BCUT2D eigenvalue weighted by Crippen LogP contribution is 2.27. The van der Waals surface area contributed by atoms with Crippen LogP contribution in [0, 0.1) is 0 Å². The van der Waals surface area contributed by atoms with E-state index in [2.05, 4.69) is 29.6 Å². The first-order valence-corrected chi connectivity index (χ1v) is 9.89. The van der Waals surface area contributed by atoms with Crippen LogP contribution < -0.4 is 5.32 Å². The van der Waals surface area contributed by atoms with Crippen molar-refractivity contribution >= 4 is 11.9 Å². The van der Waals surface area contributed by atoms with Crippen molar-refractivity contribution in [2.24, 2.45) is 0 Å². The lowest BCUT2D eigenvalue weighted by Gasteiger charge is -2.24. The Bertz CT molecular complexity index is 946. The van der Waals surface area contributed by atoms with E-state index >= 15 is 0 Å². The largest absolute Gasteiger partial charge is 0.448 e. The average Bonchev–Trinajstić information content (AvgIpc) is 2.78. The number of cyclic esters (lactones) is 1. The molecular weight excluding hydrogens is 362 g/mol. The SMILES string of the molecule is O=C1O[C@H](C(=O)NCCC(c2ccccc2)c2ccccc2)Cc2ccccc21. The summed E-state index contributed by atoms with van der Waals surface area (Å²) in [6.07, 6.45) is 0.398. The molecule has 4 nitrogen and oxygen atoms in total. The molecule has 0 saturated carbocycles. The van der Waals surface area contributed by atoms with Gasteiger partial charge in [-0.1, -0.05) is 78.9 Å². The molecule has 0 aromatic heterocycles. The number of amides is 1. The highest BCUT2D eigenvalue weighted by Gasteiger charge is 2.30. The molecule has 0 aliphatic carbocycles. The van der Waals surface area contributed by atoms with E-state index in [1.165, 1.54) is 11.1 Å². The highest BCUT2D eigenvalue weighted by molar-refractivity contribution is 5.95. The molecular formula is C25H23NO3. The molecule has 29 heavy (non-hydrogen) atoms. The number of nitrogens with one attached hydrogen (secondary N) is 1. The van der Waals surface area contributed by atoms with Gasteiger partial charge in [-0.2, -0.15) is 0 Å². The van der Waals surface area contributed by atoms with Crippen molar-refractivity contribution in [1.29, 1.82) is 0 Å². The van der Waals surface area contributed by atoms with Gasteiger partial charge in [0, 0.05) is 18.9 Å². The Morgan fingerprint density at radius 3 is 2.14 bits per heavy atom. The van der Waals surface area contributed by atoms with Crippen LogP contribution in [0.5, 0.6) is 0 Å². The fraction of sp³-hybridized carbons (Fsp3) is 0.200. The summed E-state index contributed by atoms with van der Waals surface area (Å²) in [5, 5.41) is 2.96. The van der Waals surface area contributed by atoms with Gasteiger partial charge >= 0.3 is 5.97 Å². The molecule has 0 radical (unpaired) electrons. The maximum absolute atomic E-state index is 12.6. The third kappa shape index (κ3) is 4.37. The Labute approximate surface area is 170 Å². The molecule has 1 aliphatic rings. The average molecular weight is 385 g/mol. The summed E-state index contributed by atoms with van der Waals surface area (Å²) in [6, 6.07) is 27.8. The van der Waals surface area contributed by atoms with E-state index in [4.69, 9.17) is 4.74 Å². The second-order valence-electron chi connectivity index (χ2n) is 7.21. The minimum atomic E-state index is -0.774. The van der Waals surface area contributed by atoms with E-state index in [9.17, 15) is 9.59 Å². The first kappa shape index (κ1) is 18.9. The van der Waals surface area contributed by atoms with Crippen LogP contribution in [0.3, 0.4) is 0 Å². The third-order valence-corrected chi connectivity index (χ3v) is 5.32. The number of fused-ring (bicyclic) bond motifs is 1. The minimum absolute atomic E-state index is 0.187. The summed E-state index contributed by atoms with van der Waals surface area (Å²) in [6.45, 7) is 0.503. The molecule has 0 bridgehead atoms. The van der Waals surface area contributed by atoms with E-state index < -0.39 is 12.1 Å². The van der Waals surface area contributed by atoms with Crippen LogP contribution in [0.25, 0.3) is 0 Å². The van der Waals surface area contributed by atoms with Crippen molar-refractivity contribution in [3.05, 3.63) is 107 Å². The number of benzene rings is 3. The molecule has 0 fully saturated rings. The van der Waals surface area contributed by atoms with Gasteiger partial charge in [0.2, 0.25) is 0 Å². The van der Waals surface area contributed by atoms with Crippen LogP contribution in [0.4, 0.5) is 0 Å². The van der Waals surface area contributed by atoms with Crippen LogP contribution >= 0.6 is 0 Å². The van der Waals surface area contributed by atoms with Gasteiger partial charge in [0.15, 0.2) is 6.10 Å². The number of rotatable bonds is 6. The van der Waals surface area contributed by atoms with Crippen molar-refractivity contribution in [3.8, 4) is 0 Å². The molecule has 0 unspecified atom stereocenters. The Morgan fingerprint density at radius 2 is 1.48 bits per heavy atom. The number of carbonyl (C=O) groups excluding carboxylic acids is 2. The van der Waals surface area contributed by atoms with Crippen molar-refractivity contribution in [2.45, 2.75) is 24.9 Å². The van der Waals surface area contributed by atoms with Crippen LogP contribution in [0.1, 0.15) is 39.4 Å². The van der Waals surface area contributed by atoms with Gasteiger partial charge in [-0.05, 0) is 29.2 Å². The minimum Gasteiger partial charge on any atom is -0.448 e. The molecule has 4 rings (SSSR count). The Balaban J connectivity index is 1.40. The van der Waals surface area contributed by atoms with Crippen LogP contribution in [0.2, 0.25) is 0 Å². The second kappa shape index (κ2) is 8.74. The van der Waals surface area contributed by atoms with Crippen molar-refractivity contribution < 1.29 is 14.3 Å². The lowest BCUT2D eigenvalue weighted by molar-refractivity contribution is -0.130. The maximum atomic E-state index is 12.6. The van der Waals surface area contributed by atoms with E-state index in [1.54, 1.807) is 12.1 Å². The summed E-state index contributed by atoms with van der Waals surface area (Å²) in [5.74, 6) is -0.487. The van der Waals surface area contributed by atoms with Gasteiger partial charge in [0.05, 0.1) is 5.56 Å². The molecule has 1 aliphatic heterocycles. The normalized spacial score (nSPS) is 15.5. The Morgan fingerprint density at radius 1 is 0.897 bits per heavy atom. The van der Waals surface area contributed by atoms with Crippen molar-refractivity contribution in [1.82, 2.24) is 5.32 Å².